The quantitative estimate of drug-likeness (QED) is 0.166. The Morgan fingerprint density at radius 2 is 0.636 bits per heavy atom. The largest absolute Gasteiger partial charge is 0.462 e. The number of nitrogens with one attached hydrogen (secondary N) is 4. The average Bonchev–Trinajstić information content (AvgIpc) is 3.80. The molecule has 1 aliphatic rings. The fourth-order valence-corrected chi connectivity index (χ4v) is 5.02. The van der Waals surface area contributed by atoms with Gasteiger partial charge in [-0.05, 0) is 76.2 Å². The minimum Gasteiger partial charge on any atom is -0.462 e. The second-order valence-electron chi connectivity index (χ2n) is 9.52. The summed E-state index contributed by atoms with van der Waals surface area (Å²) in [5.41, 5.74) is 2.02. The third-order valence-electron chi connectivity index (χ3n) is 6.82. The molecule has 0 fully saturated rings. The molecule has 228 valence electrons. The van der Waals surface area contributed by atoms with Crippen molar-refractivity contribution in [1.82, 2.24) is 19.9 Å². The molecule has 5 rings (SSSR count). The van der Waals surface area contributed by atoms with E-state index in [1.54, 1.807) is 76.2 Å². The van der Waals surface area contributed by atoms with Gasteiger partial charge in [0.15, 0.2) is 0 Å². The number of esters is 4. The van der Waals surface area contributed by atoms with Crippen molar-refractivity contribution < 1.29 is 38.1 Å². The van der Waals surface area contributed by atoms with E-state index in [0.29, 0.717) is 44.2 Å². The smallest absolute Gasteiger partial charge is 0.342 e. The summed E-state index contributed by atoms with van der Waals surface area (Å²) in [7, 11) is 0. The van der Waals surface area contributed by atoms with E-state index in [1.807, 2.05) is 0 Å². The van der Waals surface area contributed by atoms with Gasteiger partial charge in [0.1, 0.15) is 22.3 Å². The number of aromatic amines is 4. The second kappa shape index (κ2) is 12.8. The summed E-state index contributed by atoms with van der Waals surface area (Å²) in [6, 6.07) is 13.2. The van der Waals surface area contributed by atoms with Gasteiger partial charge in [0.05, 0.1) is 70.6 Å². The number of carbonyl (C=O) groups is 4. The number of hydrogen-bond acceptors (Lipinski definition) is 8. The van der Waals surface area contributed by atoms with E-state index in [-0.39, 0.29) is 48.7 Å². The molecule has 4 aromatic heterocycles. The number of rotatable bonds is 8. The SMILES string of the molecule is CCOC(=O)C1=c2ccc([nH]2)=C(C(=O)OCC)c2ccc([nH]2)C(C(=O)OCC)=c2ccc([nH]2)=C(C(=O)OCC)c2ccc1[nH]2. The number of hydrogen-bond donors (Lipinski definition) is 4. The van der Waals surface area contributed by atoms with Gasteiger partial charge in [0.2, 0.25) is 0 Å². The summed E-state index contributed by atoms with van der Waals surface area (Å²) in [5, 5.41) is 1.41. The van der Waals surface area contributed by atoms with Crippen molar-refractivity contribution in [2.24, 2.45) is 0 Å². The molecule has 12 nitrogen and oxygen atoms in total. The summed E-state index contributed by atoms with van der Waals surface area (Å²) in [4.78, 5) is 65.8. The van der Waals surface area contributed by atoms with Crippen molar-refractivity contribution in [1.29, 1.82) is 0 Å². The molecule has 5 heterocycles. The molecule has 0 radical (unpaired) electrons. The molecule has 0 saturated heterocycles. The minimum atomic E-state index is -0.621. The molecular weight excluding hydrogens is 568 g/mol. The topological polar surface area (TPSA) is 168 Å². The number of H-pyrrole nitrogens is 4. The Labute approximate surface area is 251 Å². The van der Waals surface area contributed by atoms with E-state index < -0.39 is 23.9 Å². The second-order valence-corrected chi connectivity index (χ2v) is 9.52. The maximum atomic E-state index is 13.3. The summed E-state index contributed by atoms with van der Waals surface area (Å²) in [5.74, 6) is -2.49. The maximum absolute atomic E-state index is 13.3. The first kappa shape index (κ1) is 30.0. The lowest BCUT2D eigenvalue weighted by Gasteiger charge is -2.08. The van der Waals surface area contributed by atoms with Crippen LogP contribution in [0.4, 0.5) is 0 Å². The molecule has 0 amide bonds. The van der Waals surface area contributed by atoms with Crippen LogP contribution in [0.2, 0.25) is 0 Å². The third-order valence-corrected chi connectivity index (χ3v) is 6.82. The summed E-state index contributed by atoms with van der Waals surface area (Å²) in [6.07, 6.45) is 0. The monoisotopic (exact) mass is 600 g/mol. The van der Waals surface area contributed by atoms with E-state index in [4.69, 9.17) is 18.9 Å². The summed E-state index contributed by atoms with van der Waals surface area (Å²) < 4.78 is 21.5. The highest BCUT2D eigenvalue weighted by molar-refractivity contribution is 6.19. The molecule has 4 N–H and O–H groups in total. The van der Waals surface area contributed by atoms with Gasteiger partial charge in [-0.15, -0.1) is 0 Å². The lowest BCUT2D eigenvalue weighted by atomic mass is 10.2. The molecule has 0 spiro atoms. The van der Waals surface area contributed by atoms with Gasteiger partial charge in [0, 0.05) is 0 Å². The first-order valence-corrected chi connectivity index (χ1v) is 14.3. The van der Waals surface area contributed by atoms with E-state index in [1.165, 1.54) is 0 Å². The predicted molar refractivity (Wildman–Crippen MR) is 158 cm³/mol. The molecule has 0 atom stereocenters. The third kappa shape index (κ3) is 5.61. The van der Waals surface area contributed by atoms with Gasteiger partial charge in [-0.25, -0.2) is 19.2 Å². The van der Waals surface area contributed by atoms with Crippen molar-refractivity contribution in [3.8, 4) is 0 Å². The van der Waals surface area contributed by atoms with Crippen LogP contribution < -0.4 is 21.4 Å². The number of ether oxygens (including phenoxy) is 4. The number of carbonyl (C=O) groups excluding carboxylic acids is 4. The predicted octanol–water partition coefficient (Wildman–Crippen LogP) is 0.361. The lowest BCUT2D eigenvalue weighted by Crippen LogP contribution is -2.25. The van der Waals surface area contributed by atoms with Gasteiger partial charge >= 0.3 is 23.9 Å². The molecule has 0 aromatic carbocycles. The standard InChI is InChI=1S/C32H32N4O8/c1-5-41-29(37)25-17-9-11-19(33-17)26(30(38)42-6-2)21-13-15-23(35-21)28(32(40)44-8-4)24-16-14-22(36-24)27(31(39)43-7-3)20-12-10-18(25)34-20/h9-16,33-36H,5-8H2,1-4H3. The van der Waals surface area contributed by atoms with Crippen molar-refractivity contribution in [3.63, 3.8) is 0 Å². The van der Waals surface area contributed by atoms with Crippen LogP contribution in [0.1, 0.15) is 50.5 Å². The molecule has 44 heavy (non-hydrogen) atoms. The first-order valence-electron chi connectivity index (χ1n) is 14.3. The fraction of sp³-hybridized carbons (Fsp3) is 0.250. The van der Waals surface area contributed by atoms with E-state index >= 15 is 0 Å². The van der Waals surface area contributed by atoms with E-state index in [0.717, 1.165) is 0 Å². The Hall–Kier alpha value is -5.52. The lowest BCUT2D eigenvalue weighted by molar-refractivity contribution is -0.137. The van der Waals surface area contributed by atoms with Crippen molar-refractivity contribution in [2.75, 3.05) is 26.4 Å². The average molecular weight is 601 g/mol. The number of aromatic nitrogens is 4. The van der Waals surface area contributed by atoms with Crippen LogP contribution in [0.5, 0.6) is 0 Å². The zero-order chi connectivity index (χ0) is 31.4. The van der Waals surface area contributed by atoms with Crippen LogP contribution >= 0.6 is 0 Å². The zero-order valence-corrected chi connectivity index (χ0v) is 24.7. The summed E-state index contributed by atoms with van der Waals surface area (Å²) >= 11 is 0. The Kier molecular flexibility index (Phi) is 8.70. The van der Waals surface area contributed by atoms with Crippen LogP contribution in [0, 0.1) is 0 Å². The van der Waals surface area contributed by atoms with E-state index in [9.17, 15) is 19.2 Å². The Bertz CT molecular complexity index is 1720. The van der Waals surface area contributed by atoms with Gasteiger partial charge in [-0.1, -0.05) is 0 Å². The highest BCUT2D eigenvalue weighted by atomic mass is 16.5. The Morgan fingerprint density at radius 1 is 0.409 bits per heavy atom. The summed E-state index contributed by atoms with van der Waals surface area (Å²) in [6.45, 7) is 7.28. The first-order chi connectivity index (χ1) is 21.3. The van der Waals surface area contributed by atoms with Gasteiger partial charge in [0.25, 0.3) is 0 Å². The highest BCUT2D eigenvalue weighted by Crippen LogP contribution is 2.20. The van der Waals surface area contributed by atoms with Gasteiger partial charge in [-0.3, -0.25) is 0 Å². The maximum Gasteiger partial charge on any atom is 0.342 e. The van der Waals surface area contributed by atoms with Crippen LogP contribution in [-0.4, -0.2) is 70.2 Å². The van der Waals surface area contributed by atoms with Crippen molar-refractivity contribution in [3.05, 3.63) is 92.7 Å². The molecule has 1 aliphatic heterocycles. The molecular formula is C32H32N4O8. The van der Waals surface area contributed by atoms with Crippen molar-refractivity contribution in [2.45, 2.75) is 27.7 Å². The zero-order valence-electron chi connectivity index (χ0n) is 24.7. The van der Waals surface area contributed by atoms with Crippen LogP contribution in [0.15, 0.2) is 48.5 Å². The van der Waals surface area contributed by atoms with Crippen LogP contribution in [-0.2, 0) is 38.1 Å². The molecule has 8 bridgehead atoms. The molecule has 0 saturated carbocycles. The molecule has 12 heteroatoms. The minimum absolute atomic E-state index is 0.125. The fourth-order valence-electron chi connectivity index (χ4n) is 5.02. The van der Waals surface area contributed by atoms with Crippen LogP contribution in [0.3, 0.4) is 0 Å². The van der Waals surface area contributed by atoms with Gasteiger partial charge < -0.3 is 38.9 Å². The molecule has 0 aliphatic carbocycles. The molecule has 0 unspecified atom stereocenters. The van der Waals surface area contributed by atoms with Crippen molar-refractivity contribution >= 4 is 46.2 Å². The number of fused-ring (bicyclic) bond motifs is 8. The van der Waals surface area contributed by atoms with Gasteiger partial charge in [-0.2, -0.15) is 0 Å². The Balaban J connectivity index is 1.95. The van der Waals surface area contributed by atoms with E-state index in [2.05, 4.69) is 19.9 Å². The molecule has 4 aromatic rings. The highest BCUT2D eigenvalue weighted by Gasteiger charge is 2.25. The normalized spacial score (nSPS) is 12.6. The van der Waals surface area contributed by atoms with Crippen LogP contribution in [0.25, 0.3) is 22.3 Å². The Morgan fingerprint density at radius 3 is 0.841 bits per heavy atom.